The summed E-state index contributed by atoms with van der Waals surface area (Å²) in [5, 5.41) is 6.12. The molecule has 26 heavy (non-hydrogen) atoms. The number of hydrogen-bond acceptors (Lipinski definition) is 5. The van der Waals surface area contributed by atoms with Crippen molar-refractivity contribution in [2.75, 3.05) is 12.0 Å². The minimum atomic E-state index is -0.377. The van der Waals surface area contributed by atoms with Gasteiger partial charge in [-0.15, -0.1) is 5.10 Å². The van der Waals surface area contributed by atoms with Gasteiger partial charge in [0.1, 0.15) is 11.6 Å². The number of hydrogen-bond donors (Lipinski definition) is 1. The van der Waals surface area contributed by atoms with Gasteiger partial charge in [-0.2, -0.15) is 0 Å². The van der Waals surface area contributed by atoms with Gasteiger partial charge in [-0.25, -0.2) is 19.0 Å². The minimum Gasteiger partial charge on any atom is -0.383 e. The third-order valence-corrected chi connectivity index (χ3v) is 4.73. The molecule has 0 fully saturated rings. The second-order valence-corrected chi connectivity index (χ2v) is 6.72. The smallest absolute Gasteiger partial charge is 0.190 e. The average Bonchev–Trinajstić information content (AvgIpc) is 2.99. The summed E-state index contributed by atoms with van der Waals surface area (Å²) in [6.07, 6.45) is 1.85. The molecule has 5 nitrogen and oxygen atoms in total. The predicted octanol–water partition coefficient (Wildman–Crippen LogP) is 4.58. The van der Waals surface area contributed by atoms with E-state index in [9.17, 15) is 4.39 Å². The van der Waals surface area contributed by atoms with Crippen LogP contribution in [0.2, 0.25) is 5.02 Å². The van der Waals surface area contributed by atoms with Crippen molar-refractivity contribution in [3.05, 3.63) is 59.4 Å². The van der Waals surface area contributed by atoms with Crippen molar-refractivity contribution in [3.8, 4) is 16.9 Å². The van der Waals surface area contributed by atoms with Crippen LogP contribution in [-0.4, -0.2) is 26.0 Å². The lowest BCUT2D eigenvalue weighted by Gasteiger charge is -2.07. The maximum Gasteiger partial charge on any atom is 0.190 e. The number of nitrogens with two attached hydrogens (primary N) is 1. The largest absolute Gasteiger partial charge is 0.383 e. The molecule has 0 aliphatic rings. The number of nitrogen functional groups attached to an aromatic ring is 1. The molecule has 0 atom stereocenters. The Morgan fingerprint density at radius 2 is 1.81 bits per heavy atom. The molecule has 0 aliphatic heterocycles. The number of thioether (sulfide) groups is 1. The Bertz CT molecular complexity index is 1110. The van der Waals surface area contributed by atoms with E-state index in [2.05, 4.69) is 15.1 Å². The van der Waals surface area contributed by atoms with Crippen molar-refractivity contribution in [2.45, 2.75) is 5.16 Å². The highest BCUT2D eigenvalue weighted by molar-refractivity contribution is 7.98. The molecular weight excluding hydrogens is 373 g/mol. The second-order valence-electron chi connectivity index (χ2n) is 5.51. The molecule has 2 aromatic heterocycles. The Labute approximate surface area is 158 Å². The molecule has 4 aromatic rings. The average molecular weight is 386 g/mol. The number of fused-ring (bicyclic) bond motifs is 1. The van der Waals surface area contributed by atoms with Crippen LogP contribution in [0.15, 0.2) is 53.7 Å². The molecule has 2 aromatic carbocycles. The molecule has 0 aliphatic carbocycles. The van der Waals surface area contributed by atoms with E-state index < -0.39 is 0 Å². The lowest BCUT2D eigenvalue weighted by molar-refractivity contribution is 0.630. The zero-order chi connectivity index (χ0) is 18.3. The van der Waals surface area contributed by atoms with Crippen LogP contribution in [0.5, 0.6) is 0 Å². The van der Waals surface area contributed by atoms with Crippen molar-refractivity contribution in [1.29, 1.82) is 0 Å². The van der Waals surface area contributed by atoms with Gasteiger partial charge in [-0.05, 0) is 42.7 Å². The van der Waals surface area contributed by atoms with Crippen LogP contribution in [0.1, 0.15) is 0 Å². The number of halogens is 2. The van der Waals surface area contributed by atoms with Crippen molar-refractivity contribution < 1.29 is 4.39 Å². The van der Waals surface area contributed by atoms with Gasteiger partial charge in [0.25, 0.3) is 0 Å². The number of rotatable bonds is 3. The first kappa shape index (κ1) is 16.8. The topological polar surface area (TPSA) is 69.6 Å². The molecule has 2 N–H and O–H groups in total. The number of benzene rings is 2. The summed E-state index contributed by atoms with van der Waals surface area (Å²) in [4.78, 5) is 8.92. The SMILES string of the molecule is CSc1nc(-c2ccccc2F)c2c(N)n(-c3ccc(Cl)cc3)nc2n1. The quantitative estimate of drug-likeness (QED) is 0.413. The zero-order valence-electron chi connectivity index (χ0n) is 13.6. The van der Waals surface area contributed by atoms with Crippen LogP contribution < -0.4 is 5.73 Å². The number of aromatic nitrogens is 4. The van der Waals surface area contributed by atoms with Crippen molar-refractivity contribution >= 4 is 40.2 Å². The highest BCUT2D eigenvalue weighted by atomic mass is 35.5. The van der Waals surface area contributed by atoms with Gasteiger partial charge in [0, 0.05) is 10.6 Å². The Kier molecular flexibility index (Phi) is 4.26. The van der Waals surface area contributed by atoms with Gasteiger partial charge in [-0.1, -0.05) is 35.5 Å². The number of anilines is 1. The summed E-state index contributed by atoms with van der Waals surface area (Å²) in [6, 6.07) is 13.5. The summed E-state index contributed by atoms with van der Waals surface area (Å²) in [6.45, 7) is 0. The molecule has 0 radical (unpaired) electrons. The van der Waals surface area contributed by atoms with Crippen LogP contribution in [-0.2, 0) is 0 Å². The monoisotopic (exact) mass is 385 g/mol. The Balaban J connectivity index is 2.03. The number of nitrogens with zero attached hydrogens (tertiary/aromatic N) is 4. The van der Waals surface area contributed by atoms with Crippen molar-refractivity contribution in [2.24, 2.45) is 0 Å². The van der Waals surface area contributed by atoms with Crippen LogP contribution in [0, 0.1) is 5.82 Å². The molecule has 0 saturated carbocycles. The molecule has 8 heteroatoms. The third kappa shape index (κ3) is 2.79. The summed E-state index contributed by atoms with van der Waals surface area (Å²) >= 11 is 7.31. The fourth-order valence-corrected chi connectivity index (χ4v) is 3.20. The summed E-state index contributed by atoms with van der Waals surface area (Å²) in [7, 11) is 0. The van der Waals surface area contributed by atoms with E-state index in [1.807, 2.05) is 6.26 Å². The maximum atomic E-state index is 14.4. The van der Waals surface area contributed by atoms with E-state index in [1.54, 1.807) is 47.1 Å². The lowest BCUT2D eigenvalue weighted by atomic mass is 10.1. The Morgan fingerprint density at radius 1 is 1.08 bits per heavy atom. The van der Waals surface area contributed by atoms with E-state index in [-0.39, 0.29) is 5.82 Å². The molecule has 130 valence electrons. The highest BCUT2D eigenvalue weighted by Gasteiger charge is 2.20. The standard InChI is InChI=1S/C18H13ClFN5S/c1-26-18-22-15(12-4-2-3-5-13(12)20)14-16(21)25(24-17(14)23-18)11-8-6-10(19)7-9-11/h2-9H,21H2,1H3. The first-order valence-corrected chi connectivity index (χ1v) is 9.30. The first-order valence-electron chi connectivity index (χ1n) is 7.69. The van der Waals surface area contributed by atoms with Crippen LogP contribution >= 0.6 is 23.4 Å². The van der Waals surface area contributed by atoms with Crippen LogP contribution in [0.25, 0.3) is 28.0 Å². The summed E-state index contributed by atoms with van der Waals surface area (Å²) in [5.41, 5.74) is 8.28. The van der Waals surface area contributed by atoms with Crippen molar-refractivity contribution in [1.82, 2.24) is 19.7 Å². The summed E-state index contributed by atoms with van der Waals surface area (Å²) < 4.78 is 16.0. The summed E-state index contributed by atoms with van der Waals surface area (Å²) in [5.74, 6) is -0.0357. The molecule has 0 bridgehead atoms. The van der Waals surface area contributed by atoms with E-state index in [0.717, 1.165) is 5.69 Å². The van der Waals surface area contributed by atoms with E-state index in [4.69, 9.17) is 17.3 Å². The third-order valence-electron chi connectivity index (χ3n) is 3.93. The van der Waals surface area contributed by atoms with Crippen LogP contribution in [0.3, 0.4) is 0 Å². The van der Waals surface area contributed by atoms with Crippen molar-refractivity contribution in [3.63, 3.8) is 0 Å². The Hall–Kier alpha value is -2.64. The van der Waals surface area contributed by atoms with E-state index in [0.29, 0.717) is 38.3 Å². The molecule has 0 spiro atoms. The van der Waals surface area contributed by atoms with Gasteiger partial charge in [0.15, 0.2) is 10.8 Å². The molecular formula is C18H13ClFN5S. The fraction of sp³-hybridized carbons (Fsp3) is 0.0556. The molecule has 0 amide bonds. The second kappa shape index (κ2) is 6.59. The van der Waals surface area contributed by atoms with Gasteiger partial charge < -0.3 is 5.73 Å². The normalized spacial score (nSPS) is 11.2. The van der Waals surface area contributed by atoms with Gasteiger partial charge in [0.2, 0.25) is 0 Å². The molecule has 0 saturated heterocycles. The molecule has 2 heterocycles. The van der Waals surface area contributed by atoms with Gasteiger partial charge >= 0.3 is 0 Å². The van der Waals surface area contributed by atoms with Crippen LogP contribution in [0.4, 0.5) is 10.2 Å². The van der Waals surface area contributed by atoms with Gasteiger partial charge in [0.05, 0.1) is 16.8 Å². The maximum absolute atomic E-state index is 14.4. The first-order chi connectivity index (χ1) is 12.6. The molecule has 4 rings (SSSR count). The fourth-order valence-electron chi connectivity index (χ4n) is 2.71. The zero-order valence-corrected chi connectivity index (χ0v) is 15.2. The highest BCUT2D eigenvalue weighted by Crippen LogP contribution is 2.34. The minimum absolute atomic E-state index is 0.341. The predicted molar refractivity (Wildman–Crippen MR) is 103 cm³/mol. The molecule has 0 unspecified atom stereocenters. The lowest BCUT2D eigenvalue weighted by Crippen LogP contribution is -2.01. The van der Waals surface area contributed by atoms with Gasteiger partial charge in [-0.3, -0.25) is 0 Å². The van der Waals surface area contributed by atoms with E-state index in [1.165, 1.54) is 17.8 Å². The van der Waals surface area contributed by atoms with E-state index >= 15 is 0 Å². The Morgan fingerprint density at radius 3 is 2.50 bits per heavy atom.